The number of rotatable bonds is 5. The number of methoxy groups -OCH3 is 1. The number of carbonyl (C=O) groups is 2. The number of hydrogen-bond donors (Lipinski definition) is 1. The van der Waals surface area contributed by atoms with E-state index in [4.69, 9.17) is 4.74 Å². The van der Waals surface area contributed by atoms with E-state index in [2.05, 4.69) is 20.8 Å². The smallest absolute Gasteiger partial charge is 0.295 e. The number of hydrogen-bond acceptors (Lipinski definition) is 4. The van der Waals surface area contributed by atoms with Crippen LogP contribution in [0.5, 0.6) is 5.75 Å². The summed E-state index contributed by atoms with van der Waals surface area (Å²) < 4.78 is 19.4. The minimum absolute atomic E-state index is 0.0237. The Morgan fingerprint density at radius 3 is 2.31 bits per heavy atom. The Morgan fingerprint density at radius 1 is 1.03 bits per heavy atom. The van der Waals surface area contributed by atoms with Crippen molar-refractivity contribution in [1.82, 2.24) is 4.90 Å². The molecule has 1 N–H and O–H groups in total. The lowest BCUT2D eigenvalue weighted by atomic mass is 9.85. The Morgan fingerprint density at radius 2 is 1.69 bits per heavy atom. The minimum Gasteiger partial charge on any atom is -0.507 e. The van der Waals surface area contributed by atoms with Crippen LogP contribution in [0.15, 0.2) is 72.3 Å². The third-order valence-corrected chi connectivity index (χ3v) is 6.60. The maximum atomic E-state index is 13.9. The van der Waals surface area contributed by atoms with Gasteiger partial charge in [-0.05, 0) is 53.3 Å². The maximum Gasteiger partial charge on any atom is 0.295 e. The second-order valence-corrected chi connectivity index (χ2v) is 10.1. The standard InChI is InChI=1S/C30H30FNO4/c1-18-16-20(12-15-23(18)31)27(33)25-26(19-10-13-22(14-11-19)30(2,3)4)32(29(35)28(25)34)17-21-8-6-7-9-24(21)36-5/h6-16,26,33H,17H2,1-5H3/b27-25-. The summed E-state index contributed by atoms with van der Waals surface area (Å²) in [5, 5.41) is 11.3. The number of nitrogens with zero attached hydrogens (tertiary/aromatic N) is 1. The third-order valence-electron chi connectivity index (χ3n) is 6.60. The van der Waals surface area contributed by atoms with Crippen molar-refractivity contribution in [2.75, 3.05) is 7.11 Å². The van der Waals surface area contributed by atoms with E-state index in [1.54, 1.807) is 20.1 Å². The predicted molar refractivity (Wildman–Crippen MR) is 137 cm³/mol. The molecule has 1 saturated heterocycles. The Hall–Kier alpha value is -3.93. The summed E-state index contributed by atoms with van der Waals surface area (Å²) in [6.45, 7) is 8.00. The lowest BCUT2D eigenvalue weighted by Gasteiger charge is -2.27. The van der Waals surface area contributed by atoms with Crippen LogP contribution < -0.4 is 4.74 Å². The van der Waals surface area contributed by atoms with Crippen LogP contribution in [0.25, 0.3) is 5.76 Å². The molecule has 1 atom stereocenters. The summed E-state index contributed by atoms with van der Waals surface area (Å²) >= 11 is 0. The van der Waals surface area contributed by atoms with Gasteiger partial charge in [0, 0.05) is 11.1 Å². The van der Waals surface area contributed by atoms with Crippen LogP contribution in [0.4, 0.5) is 4.39 Å². The van der Waals surface area contributed by atoms with E-state index in [1.165, 1.54) is 23.1 Å². The molecule has 0 bridgehead atoms. The van der Waals surface area contributed by atoms with Crippen LogP contribution in [-0.4, -0.2) is 28.8 Å². The van der Waals surface area contributed by atoms with E-state index in [1.807, 2.05) is 42.5 Å². The zero-order valence-electron chi connectivity index (χ0n) is 21.1. The lowest BCUT2D eigenvalue weighted by molar-refractivity contribution is -0.140. The van der Waals surface area contributed by atoms with Gasteiger partial charge in [0.1, 0.15) is 17.3 Å². The molecule has 4 rings (SSSR count). The first-order valence-electron chi connectivity index (χ1n) is 11.8. The van der Waals surface area contributed by atoms with Crippen LogP contribution in [0, 0.1) is 12.7 Å². The summed E-state index contributed by atoms with van der Waals surface area (Å²) in [5.41, 5.74) is 3.03. The normalized spacial score (nSPS) is 17.5. The molecule has 1 heterocycles. The van der Waals surface area contributed by atoms with Crippen LogP contribution >= 0.6 is 0 Å². The summed E-state index contributed by atoms with van der Waals surface area (Å²) in [7, 11) is 1.55. The molecule has 5 nitrogen and oxygen atoms in total. The molecular formula is C30H30FNO4. The Kier molecular flexibility index (Phi) is 6.72. The number of ether oxygens (including phenoxy) is 1. The van der Waals surface area contributed by atoms with E-state index in [9.17, 15) is 19.1 Å². The second-order valence-electron chi connectivity index (χ2n) is 10.1. The number of ketones is 1. The molecule has 3 aromatic rings. The zero-order valence-corrected chi connectivity index (χ0v) is 21.1. The Bertz CT molecular complexity index is 1350. The molecule has 1 amide bonds. The molecule has 186 valence electrons. The summed E-state index contributed by atoms with van der Waals surface area (Å²) in [6.07, 6.45) is 0. The first-order chi connectivity index (χ1) is 17.0. The Labute approximate surface area is 210 Å². The molecule has 0 saturated carbocycles. The number of Topliss-reactive ketones (excluding diaryl/α,β-unsaturated/α-hetero) is 1. The predicted octanol–water partition coefficient (Wildman–Crippen LogP) is 6.06. The van der Waals surface area contributed by atoms with Crippen molar-refractivity contribution in [2.24, 2.45) is 0 Å². The average molecular weight is 488 g/mol. The van der Waals surface area contributed by atoms with Crippen LogP contribution in [-0.2, 0) is 21.5 Å². The van der Waals surface area contributed by atoms with Gasteiger partial charge in [0.25, 0.3) is 11.7 Å². The number of amides is 1. The number of carbonyl (C=O) groups excluding carboxylic acids is 2. The van der Waals surface area contributed by atoms with E-state index < -0.39 is 23.5 Å². The molecule has 6 heteroatoms. The largest absolute Gasteiger partial charge is 0.507 e. The number of aryl methyl sites for hydroxylation is 1. The van der Waals surface area contributed by atoms with Crippen molar-refractivity contribution in [2.45, 2.75) is 45.7 Å². The van der Waals surface area contributed by atoms with Gasteiger partial charge in [0.2, 0.25) is 0 Å². The molecule has 0 spiro atoms. The van der Waals surface area contributed by atoms with Crippen LogP contribution in [0.1, 0.15) is 54.6 Å². The highest BCUT2D eigenvalue weighted by Gasteiger charge is 2.46. The van der Waals surface area contributed by atoms with Crippen LogP contribution in [0.3, 0.4) is 0 Å². The first-order valence-corrected chi connectivity index (χ1v) is 11.8. The van der Waals surface area contributed by atoms with E-state index in [0.717, 1.165) is 11.1 Å². The molecule has 1 aliphatic heterocycles. The molecule has 1 unspecified atom stereocenters. The number of aliphatic hydroxyl groups excluding tert-OH is 1. The highest BCUT2D eigenvalue weighted by Crippen LogP contribution is 2.41. The number of para-hydroxylation sites is 1. The topological polar surface area (TPSA) is 66.8 Å². The molecule has 0 aromatic heterocycles. The van der Waals surface area contributed by atoms with Crippen LogP contribution in [0.2, 0.25) is 0 Å². The van der Waals surface area contributed by atoms with Crippen molar-refractivity contribution in [3.63, 3.8) is 0 Å². The molecule has 0 aliphatic carbocycles. The van der Waals surface area contributed by atoms with Crippen molar-refractivity contribution < 1.29 is 23.8 Å². The summed E-state index contributed by atoms with van der Waals surface area (Å²) in [5.74, 6) is -1.66. The van der Waals surface area contributed by atoms with Crippen molar-refractivity contribution in [3.05, 3.63) is 106 Å². The van der Waals surface area contributed by atoms with E-state index in [-0.39, 0.29) is 28.9 Å². The van der Waals surface area contributed by atoms with Gasteiger partial charge in [-0.15, -0.1) is 0 Å². The van der Waals surface area contributed by atoms with Gasteiger partial charge in [-0.3, -0.25) is 9.59 Å². The highest BCUT2D eigenvalue weighted by atomic mass is 19.1. The third kappa shape index (κ3) is 4.63. The zero-order chi connectivity index (χ0) is 26.2. The molecule has 0 radical (unpaired) electrons. The van der Waals surface area contributed by atoms with Crippen molar-refractivity contribution in [1.29, 1.82) is 0 Å². The van der Waals surface area contributed by atoms with Gasteiger partial charge in [-0.25, -0.2) is 4.39 Å². The fourth-order valence-electron chi connectivity index (χ4n) is 4.52. The summed E-state index contributed by atoms with van der Waals surface area (Å²) in [6, 6.07) is 18.3. The van der Waals surface area contributed by atoms with Gasteiger partial charge in [0.05, 0.1) is 25.3 Å². The number of likely N-dealkylation sites (tertiary alicyclic amines) is 1. The molecule has 3 aromatic carbocycles. The minimum atomic E-state index is -0.825. The van der Waals surface area contributed by atoms with Gasteiger partial charge >= 0.3 is 0 Å². The van der Waals surface area contributed by atoms with E-state index in [0.29, 0.717) is 16.9 Å². The van der Waals surface area contributed by atoms with Gasteiger partial charge < -0.3 is 14.7 Å². The number of halogens is 1. The highest BCUT2D eigenvalue weighted by molar-refractivity contribution is 6.46. The SMILES string of the molecule is COc1ccccc1CN1C(=O)C(=O)/C(=C(\O)c2ccc(F)c(C)c2)C1c1ccc(C(C)(C)C)cc1. The second kappa shape index (κ2) is 9.61. The Balaban J connectivity index is 1.88. The summed E-state index contributed by atoms with van der Waals surface area (Å²) in [4.78, 5) is 28.1. The van der Waals surface area contributed by atoms with Gasteiger partial charge in [-0.2, -0.15) is 0 Å². The number of benzene rings is 3. The molecule has 1 fully saturated rings. The first kappa shape index (κ1) is 25.2. The van der Waals surface area contributed by atoms with Crippen molar-refractivity contribution >= 4 is 17.4 Å². The average Bonchev–Trinajstić information content (AvgIpc) is 3.10. The molecule has 1 aliphatic rings. The lowest BCUT2D eigenvalue weighted by Crippen LogP contribution is -2.29. The fraction of sp³-hybridized carbons (Fsp3) is 0.267. The fourth-order valence-corrected chi connectivity index (χ4v) is 4.52. The van der Waals surface area contributed by atoms with Gasteiger partial charge in [-0.1, -0.05) is 63.2 Å². The van der Waals surface area contributed by atoms with Crippen molar-refractivity contribution in [3.8, 4) is 5.75 Å². The quantitative estimate of drug-likeness (QED) is 0.270. The van der Waals surface area contributed by atoms with Gasteiger partial charge in [0.15, 0.2) is 0 Å². The number of aliphatic hydroxyl groups is 1. The molecular weight excluding hydrogens is 457 g/mol. The maximum absolute atomic E-state index is 13.9. The molecule has 36 heavy (non-hydrogen) atoms. The monoisotopic (exact) mass is 487 g/mol. The van der Waals surface area contributed by atoms with E-state index >= 15 is 0 Å².